The van der Waals surface area contributed by atoms with Crippen molar-refractivity contribution in [1.82, 2.24) is 0 Å². The van der Waals surface area contributed by atoms with Gasteiger partial charge < -0.3 is 9.22 Å². The molecular weight excluding hydrogens is 458 g/mol. The fraction of sp³-hybridized carbons (Fsp3) is 0.367. The van der Waals surface area contributed by atoms with Crippen LogP contribution < -0.4 is 4.90 Å². The second-order valence-corrected chi connectivity index (χ2v) is 10.3. The van der Waals surface area contributed by atoms with E-state index < -0.39 is 11.9 Å². The molecule has 1 amide bonds. The summed E-state index contributed by atoms with van der Waals surface area (Å²) >= 11 is 0. The zero-order chi connectivity index (χ0) is 25.1. The quantitative estimate of drug-likeness (QED) is 0.365. The van der Waals surface area contributed by atoms with Crippen LogP contribution in [-0.4, -0.2) is 42.9 Å². The minimum Gasteiger partial charge on any atom is -0.440 e. The fourth-order valence-electron chi connectivity index (χ4n) is 5.80. The van der Waals surface area contributed by atoms with Gasteiger partial charge in [-0.3, -0.25) is 4.90 Å². The van der Waals surface area contributed by atoms with Crippen LogP contribution in [0.25, 0.3) is 0 Å². The number of carbonyl (C=O) groups is 1. The van der Waals surface area contributed by atoms with Crippen molar-refractivity contribution in [1.29, 1.82) is 0 Å². The molecule has 6 heteroatoms. The van der Waals surface area contributed by atoms with E-state index in [9.17, 15) is 13.6 Å². The number of fused-ring (bicyclic) bond motifs is 3. The number of amides is 1. The number of halogens is 2. The third kappa shape index (κ3) is 5.29. The minimum absolute atomic E-state index is 0.102. The zero-order valence-electron chi connectivity index (χ0n) is 20.7. The largest absolute Gasteiger partial charge is 0.440 e. The van der Waals surface area contributed by atoms with Crippen LogP contribution >= 0.6 is 0 Å². The number of carbonyl (C=O) groups excluding carboxylic acids is 1. The number of ether oxygens (including phenoxy) is 1. The molecule has 4 nitrogen and oxygen atoms in total. The Morgan fingerprint density at radius 1 is 0.972 bits per heavy atom. The van der Waals surface area contributed by atoms with Gasteiger partial charge in [-0.15, -0.1) is 0 Å². The van der Waals surface area contributed by atoms with Gasteiger partial charge in [0.1, 0.15) is 18.2 Å². The summed E-state index contributed by atoms with van der Waals surface area (Å²) in [6.07, 6.45) is 2.32. The second-order valence-electron chi connectivity index (χ2n) is 10.3. The summed E-state index contributed by atoms with van der Waals surface area (Å²) in [5.41, 5.74) is 3.55. The lowest BCUT2D eigenvalue weighted by Crippen LogP contribution is -2.65. The molecule has 188 valence electrons. The van der Waals surface area contributed by atoms with E-state index >= 15 is 0 Å². The summed E-state index contributed by atoms with van der Waals surface area (Å²) in [5, 5.41) is 0. The van der Waals surface area contributed by atoms with Crippen LogP contribution in [0.1, 0.15) is 29.5 Å². The van der Waals surface area contributed by atoms with Gasteiger partial charge in [-0.25, -0.2) is 13.6 Å². The first-order valence-electron chi connectivity index (χ1n) is 12.8. The van der Waals surface area contributed by atoms with Crippen molar-refractivity contribution >= 4 is 11.8 Å². The van der Waals surface area contributed by atoms with E-state index in [1.165, 1.54) is 34.2 Å². The Labute approximate surface area is 211 Å². The van der Waals surface area contributed by atoms with E-state index in [4.69, 9.17) is 4.74 Å². The maximum Gasteiger partial charge on any atom is 0.415 e. The van der Waals surface area contributed by atoms with Crippen molar-refractivity contribution in [2.45, 2.75) is 38.8 Å². The lowest BCUT2D eigenvalue weighted by molar-refractivity contribution is -0.945. The third-order valence-corrected chi connectivity index (χ3v) is 8.03. The van der Waals surface area contributed by atoms with Gasteiger partial charge in [0.15, 0.2) is 6.10 Å². The van der Waals surface area contributed by atoms with Crippen molar-refractivity contribution in [2.24, 2.45) is 5.92 Å². The Morgan fingerprint density at radius 2 is 1.67 bits per heavy atom. The molecule has 0 saturated carbocycles. The molecule has 0 aromatic heterocycles. The predicted octanol–water partition coefficient (Wildman–Crippen LogP) is 6.27. The predicted molar refractivity (Wildman–Crippen MR) is 137 cm³/mol. The van der Waals surface area contributed by atoms with Crippen molar-refractivity contribution in [3.8, 4) is 0 Å². The summed E-state index contributed by atoms with van der Waals surface area (Å²) in [6, 6.07) is 20.6. The lowest BCUT2D eigenvalue weighted by atomic mass is 9.83. The molecule has 6 rings (SSSR count). The van der Waals surface area contributed by atoms with Crippen LogP contribution in [0.2, 0.25) is 0 Å². The van der Waals surface area contributed by atoms with Crippen LogP contribution in [0.3, 0.4) is 0 Å². The molecule has 3 aromatic carbocycles. The first-order valence-corrected chi connectivity index (χ1v) is 12.8. The number of piperidine rings is 3. The van der Waals surface area contributed by atoms with Gasteiger partial charge in [-0.1, -0.05) is 48.5 Å². The smallest absolute Gasteiger partial charge is 0.415 e. The number of para-hydroxylation sites is 1. The van der Waals surface area contributed by atoms with E-state index in [0.29, 0.717) is 11.5 Å². The average molecular weight is 492 g/mol. The summed E-state index contributed by atoms with van der Waals surface area (Å²) in [4.78, 5) is 14.8. The minimum atomic E-state index is -0.555. The molecule has 0 spiro atoms. The number of hydrogen-bond acceptors (Lipinski definition) is 2. The van der Waals surface area contributed by atoms with Gasteiger partial charge in [0.05, 0.1) is 31.9 Å². The first kappa shape index (κ1) is 24.4. The molecule has 2 bridgehead atoms. The topological polar surface area (TPSA) is 29.5 Å². The van der Waals surface area contributed by atoms with E-state index in [1.54, 1.807) is 30.3 Å². The van der Waals surface area contributed by atoms with Crippen molar-refractivity contribution < 1.29 is 22.8 Å². The van der Waals surface area contributed by atoms with Gasteiger partial charge in [0.25, 0.3) is 0 Å². The summed E-state index contributed by atoms with van der Waals surface area (Å²) in [7, 11) is 0. The summed E-state index contributed by atoms with van der Waals surface area (Å²) < 4.78 is 35.2. The molecule has 3 saturated heterocycles. The first-order chi connectivity index (χ1) is 17.4. The highest BCUT2D eigenvalue weighted by atomic mass is 19.1. The van der Waals surface area contributed by atoms with Gasteiger partial charge in [-0.2, -0.15) is 0 Å². The Kier molecular flexibility index (Phi) is 7.06. The maximum atomic E-state index is 14.7. The van der Waals surface area contributed by atoms with E-state index in [1.807, 2.05) is 0 Å². The van der Waals surface area contributed by atoms with Crippen LogP contribution in [0, 0.1) is 24.5 Å². The number of anilines is 1. The van der Waals surface area contributed by atoms with Crippen molar-refractivity contribution in [3.05, 3.63) is 101 Å². The number of benzene rings is 3. The molecule has 0 N–H and O–H groups in total. The molecule has 3 fully saturated rings. The second kappa shape index (κ2) is 10.4. The van der Waals surface area contributed by atoms with Gasteiger partial charge >= 0.3 is 6.09 Å². The Morgan fingerprint density at radius 3 is 2.39 bits per heavy atom. The number of hydrogen-bond donors (Lipinski definition) is 0. The van der Waals surface area contributed by atoms with E-state index in [0.717, 1.165) is 49.9 Å². The highest BCUT2D eigenvalue weighted by molar-refractivity contribution is 5.87. The average Bonchev–Trinajstić information content (AvgIpc) is 2.89. The van der Waals surface area contributed by atoms with E-state index in [-0.39, 0.29) is 24.2 Å². The number of nitrogens with zero attached hydrogens (tertiary/aromatic N) is 2. The van der Waals surface area contributed by atoms with Crippen LogP contribution in [0.4, 0.5) is 19.3 Å². The summed E-state index contributed by atoms with van der Waals surface area (Å²) in [5.74, 6) is -0.515. The molecular formula is C30H33F2N2O2+. The molecule has 3 aliphatic heterocycles. The fourth-order valence-corrected chi connectivity index (χ4v) is 5.80. The molecule has 0 radical (unpaired) electrons. The van der Waals surface area contributed by atoms with Gasteiger partial charge in [0.2, 0.25) is 0 Å². The van der Waals surface area contributed by atoms with E-state index in [2.05, 4.69) is 31.2 Å². The normalized spacial score (nSPS) is 22.9. The molecule has 1 unspecified atom stereocenters. The highest BCUT2D eigenvalue weighted by Crippen LogP contribution is 2.36. The van der Waals surface area contributed by atoms with Crippen LogP contribution in [0.5, 0.6) is 0 Å². The SMILES string of the molecule is Cc1ccccc1CC[N+]12CCC(CC1)C(OC(=O)N(Cc1ccc(F)cc1)c1ccccc1F)C2. The molecule has 3 aliphatic rings. The molecule has 1 atom stereocenters. The van der Waals surface area contributed by atoms with Gasteiger partial charge in [0, 0.05) is 25.2 Å². The maximum absolute atomic E-state index is 14.7. The summed E-state index contributed by atoms with van der Waals surface area (Å²) in [6.45, 7) is 6.29. The lowest BCUT2D eigenvalue weighted by Gasteiger charge is -2.52. The Hall–Kier alpha value is -3.25. The zero-order valence-corrected chi connectivity index (χ0v) is 20.7. The third-order valence-electron chi connectivity index (χ3n) is 8.03. The monoisotopic (exact) mass is 491 g/mol. The van der Waals surface area contributed by atoms with Crippen LogP contribution in [-0.2, 0) is 17.7 Å². The number of aryl methyl sites for hydroxylation is 1. The van der Waals surface area contributed by atoms with Crippen molar-refractivity contribution in [2.75, 3.05) is 31.1 Å². The van der Waals surface area contributed by atoms with Crippen LogP contribution in [0.15, 0.2) is 72.8 Å². The highest BCUT2D eigenvalue weighted by Gasteiger charge is 2.47. The molecule has 3 heterocycles. The standard InChI is InChI=1S/C30H33F2N2O2/c1-22-6-2-3-7-24(22)14-17-34-18-15-25(16-19-34)29(21-34)36-30(35)33(28-9-5-4-8-27(28)32)20-23-10-12-26(31)13-11-23/h2-13,25,29H,14-21H2,1H3/q+1. The van der Waals surface area contributed by atoms with Crippen molar-refractivity contribution in [3.63, 3.8) is 0 Å². The van der Waals surface area contributed by atoms with Gasteiger partial charge in [-0.05, 0) is 47.9 Å². The number of quaternary nitrogens is 1. The molecule has 36 heavy (non-hydrogen) atoms. The molecule has 0 aliphatic carbocycles. The Balaban J connectivity index is 1.32. The Bertz CT molecular complexity index is 1210. The number of rotatable bonds is 7. The molecule has 3 aromatic rings.